The van der Waals surface area contributed by atoms with Gasteiger partial charge < -0.3 is 0 Å². The molecule has 0 fully saturated rings. The van der Waals surface area contributed by atoms with Gasteiger partial charge in [-0.15, -0.1) is 0 Å². The number of nitro benzene ring substituents is 1. The lowest BCUT2D eigenvalue weighted by molar-refractivity contribution is -0.384. The molecule has 0 unspecified atom stereocenters. The van der Waals surface area contributed by atoms with Gasteiger partial charge in [0.15, 0.2) is 0 Å². The van der Waals surface area contributed by atoms with Crippen molar-refractivity contribution in [2.75, 3.05) is 0 Å². The van der Waals surface area contributed by atoms with E-state index in [2.05, 4.69) is 14.8 Å². The van der Waals surface area contributed by atoms with Gasteiger partial charge in [-0.3, -0.25) is 10.1 Å². The van der Waals surface area contributed by atoms with E-state index in [1.165, 1.54) is 18.5 Å². The Morgan fingerprint density at radius 3 is 2.27 bits per heavy atom. The van der Waals surface area contributed by atoms with Crippen LogP contribution >= 0.6 is 0 Å². The summed E-state index contributed by atoms with van der Waals surface area (Å²) < 4.78 is 28.7. The molecule has 26 heavy (non-hydrogen) atoms. The van der Waals surface area contributed by atoms with E-state index in [1.807, 2.05) is 24.3 Å². The lowest BCUT2D eigenvalue weighted by atomic mass is 10.1. The van der Waals surface area contributed by atoms with Crippen molar-refractivity contribution < 1.29 is 13.3 Å². The van der Waals surface area contributed by atoms with Crippen molar-refractivity contribution in [3.8, 4) is 0 Å². The second kappa shape index (κ2) is 7.42. The van der Waals surface area contributed by atoms with Crippen LogP contribution in [-0.4, -0.2) is 28.1 Å². The largest absolute Gasteiger partial charge is 0.269 e. The van der Waals surface area contributed by atoms with Gasteiger partial charge >= 0.3 is 0 Å². The summed E-state index contributed by atoms with van der Waals surface area (Å²) in [5.41, 5.74) is 1.64. The summed E-state index contributed by atoms with van der Waals surface area (Å²) in [6.45, 7) is 0.692. The van der Waals surface area contributed by atoms with Crippen molar-refractivity contribution in [1.29, 1.82) is 0 Å². The molecule has 0 bridgehead atoms. The van der Waals surface area contributed by atoms with Crippen molar-refractivity contribution >= 4 is 15.7 Å². The van der Waals surface area contributed by atoms with Gasteiger partial charge in [0.05, 0.1) is 16.4 Å². The van der Waals surface area contributed by atoms with Gasteiger partial charge in [0, 0.05) is 18.7 Å². The third kappa shape index (κ3) is 4.29. The first kappa shape index (κ1) is 17.7. The number of nitrogens with zero attached hydrogens (tertiary/aromatic N) is 4. The average molecular weight is 373 g/mol. The van der Waals surface area contributed by atoms with Crippen molar-refractivity contribution in [3.63, 3.8) is 0 Å². The standard InChI is InChI=1S/C16H15N5O4S/c22-21(23)15-5-7-16(8-6-15)26(24,25)19-9-13-1-3-14(4-2-13)10-20-12-17-11-18-20/h1-8,11-12,19H,9-10H2. The Kier molecular flexibility index (Phi) is 5.05. The second-order valence-corrected chi connectivity index (χ2v) is 7.25. The predicted molar refractivity (Wildman–Crippen MR) is 92.7 cm³/mol. The smallest absolute Gasteiger partial charge is 0.258 e. The summed E-state index contributed by atoms with van der Waals surface area (Å²) in [4.78, 5) is 13.9. The molecule has 1 heterocycles. The molecule has 0 aliphatic heterocycles. The van der Waals surface area contributed by atoms with Crippen molar-refractivity contribution in [2.24, 2.45) is 0 Å². The van der Waals surface area contributed by atoms with Crippen LogP contribution in [0.15, 0.2) is 66.1 Å². The van der Waals surface area contributed by atoms with E-state index in [1.54, 1.807) is 11.0 Å². The second-order valence-electron chi connectivity index (χ2n) is 5.49. The predicted octanol–water partition coefficient (Wildman–Crippen LogP) is 1.71. The summed E-state index contributed by atoms with van der Waals surface area (Å²) in [6.07, 6.45) is 3.08. The molecule has 0 aliphatic rings. The maximum atomic E-state index is 12.3. The summed E-state index contributed by atoms with van der Waals surface area (Å²) >= 11 is 0. The number of non-ortho nitro benzene ring substituents is 1. The zero-order chi connectivity index (χ0) is 18.6. The van der Waals surface area contributed by atoms with Crippen LogP contribution in [0.25, 0.3) is 0 Å². The van der Waals surface area contributed by atoms with Gasteiger partial charge in [0.1, 0.15) is 12.7 Å². The van der Waals surface area contributed by atoms with E-state index < -0.39 is 14.9 Å². The van der Waals surface area contributed by atoms with Crippen molar-refractivity contribution in [1.82, 2.24) is 19.5 Å². The summed E-state index contributed by atoms with van der Waals surface area (Å²) in [7, 11) is -3.75. The first-order valence-electron chi connectivity index (χ1n) is 7.58. The van der Waals surface area contributed by atoms with Gasteiger partial charge in [-0.2, -0.15) is 5.10 Å². The number of benzene rings is 2. The Labute approximate surface area is 149 Å². The zero-order valence-corrected chi connectivity index (χ0v) is 14.3. The number of sulfonamides is 1. The van der Waals surface area contributed by atoms with E-state index in [0.29, 0.717) is 6.54 Å². The molecule has 0 saturated carbocycles. The van der Waals surface area contributed by atoms with Crippen molar-refractivity contribution in [3.05, 3.63) is 82.4 Å². The first-order chi connectivity index (χ1) is 12.4. The Bertz CT molecular complexity index is 984. The van der Waals surface area contributed by atoms with Crippen LogP contribution in [0.4, 0.5) is 5.69 Å². The molecule has 0 amide bonds. The molecule has 0 saturated heterocycles. The molecule has 1 aromatic heterocycles. The fraction of sp³-hybridized carbons (Fsp3) is 0.125. The molecule has 10 heteroatoms. The topological polar surface area (TPSA) is 120 Å². The normalized spacial score (nSPS) is 11.4. The van der Waals surface area contributed by atoms with E-state index in [4.69, 9.17) is 0 Å². The third-order valence-electron chi connectivity index (χ3n) is 3.66. The molecular weight excluding hydrogens is 358 g/mol. The molecule has 1 N–H and O–H groups in total. The van der Waals surface area contributed by atoms with Crippen LogP contribution in [0.3, 0.4) is 0 Å². The molecule has 9 nitrogen and oxygen atoms in total. The molecule has 3 aromatic rings. The van der Waals surface area contributed by atoms with Gasteiger partial charge in [-0.05, 0) is 23.3 Å². The highest BCUT2D eigenvalue weighted by Gasteiger charge is 2.15. The van der Waals surface area contributed by atoms with Gasteiger partial charge in [-0.25, -0.2) is 22.8 Å². The van der Waals surface area contributed by atoms with Crippen LogP contribution in [0, 0.1) is 10.1 Å². The van der Waals surface area contributed by atoms with E-state index in [0.717, 1.165) is 23.3 Å². The van der Waals surface area contributed by atoms with Gasteiger partial charge in [0.25, 0.3) is 5.69 Å². The van der Waals surface area contributed by atoms with E-state index in [-0.39, 0.29) is 17.1 Å². The van der Waals surface area contributed by atoms with E-state index >= 15 is 0 Å². The average Bonchev–Trinajstić information content (AvgIpc) is 3.14. The highest BCUT2D eigenvalue weighted by atomic mass is 32.2. The number of rotatable bonds is 7. The van der Waals surface area contributed by atoms with Crippen LogP contribution in [-0.2, 0) is 23.1 Å². The number of hydrogen-bond acceptors (Lipinski definition) is 6. The molecule has 0 aliphatic carbocycles. The van der Waals surface area contributed by atoms with Crippen LogP contribution in [0.2, 0.25) is 0 Å². The fourth-order valence-electron chi connectivity index (χ4n) is 2.27. The monoisotopic (exact) mass is 373 g/mol. The van der Waals surface area contributed by atoms with Crippen LogP contribution in [0.1, 0.15) is 11.1 Å². The Morgan fingerprint density at radius 2 is 1.69 bits per heavy atom. The lowest BCUT2D eigenvalue weighted by Gasteiger charge is -2.08. The minimum Gasteiger partial charge on any atom is -0.258 e. The maximum absolute atomic E-state index is 12.3. The molecule has 0 radical (unpaired) electrons. The molecule has 0 spiro atoms. The van der Waals surface area contributed by atoms with Crippen molar-refractivity contribution in [2.45, 2.75) is 18.0 Å². The third-order valence-corrected chi connectivity index (χ3v) is 5.08. The quantitative estimate of drug-likeness (QED) is 0.497. The lowest BCUT2D eigenvalue weighted by Crippen LogP contribution is -2.23. The molecule has 0 atom stereocenters. The SMILES string of the molecule is O=[N+]([O-])c1ccc(S(=O)(=O)NCc2ccc(Cn3cncn3)cc2)cc1. The Balaban J connectivity index is 1.63. The van der Waals surface area contributed by atoms with Crippen LogP contribution < -0.4 is 4.72 Å². The van der Waals surface area contributed by atoms with Gasteiger partial charge in [0.2, 0.25) is 10.0 Å². The first-order valence-corrected chi connectivity index (χ1v) is 9.07. The number of nitro groups is 1. The minimum atomic E-state index is -3.75. The summed E-state index contributed by atoms with van der Waals surface area (Å²) in [5.74, 6) is 0. The van der Waals surface area contributed by atoms with E-state index in [9.17, 15) is 18.5 Å². The maximum Gasteiger partial charge on any atom is 0.269 e. The summed E-state index contributed by atoms with van der Waals surface area (Å²) in [6, 6.07) is 12.2. The fourth-order valence-corrected chi connectivity index (χ4v) is 3.29. The number of hydrogen-bond donors (Lipinski definition) is 1. The Hall–Kier alpha value is -3.11. The summed E-state index contributed by atoms with van der Waals surface area (Å²) in [5, 5.41) is 14.7. The van der Waals surface area contributed by atoms with Gasteiger partial charge in [-0.1, -0.05) is 24.3 Å². The molecule has 134 valence electrons. The molecule has 2 aromatic carbocycles. The number of aromatic nitrogens is 3. The molecule has 3 rings (SSSR count). The molecular formula is C16H15N5O4S. The van der Waals surface area contributed by atoms with Crippen LogP contribution in [0.5, 0.6) is 0 Å². The zero-order valence-electron chi connectivity index (χ0n) is 13.5. The highest BCUT2D eigenvalue weighted by molar-refractivity contribution is 7.89. The number of nitrogens with one attached hydrogen (secondary N) is 1. The Morgan fingerprint density at radius 1 is 1.04 bits per heavy atom. The minimum absolute atomic E-state index is 0.0223. The highest BCUT2D eigenvalue weighted by Crippen LogP contribution is 2.16.